The number of hydrogen-bond acceptors (Lipinski definition) is 3. The molecule has 0 fully saturated rings. The van der Waals surface area contributed by atoms with Gasteiger partial charge in [0.15, 0.2) is 0 Å². The molecule has 1 aromatic carbocycles. The first-order chi connectivity index (χ1) is 8.02. The molecule has 0 spiro atoms. The van der Waals surface area contributed by atoms with Gasteiger partial charge in [0.05, 0.1) is 6.54 Å². The van der Waals surface area contributed by atoms with Crippen molar-refractivity contribution in [2.24, 2.45) is 5.73 Å². The molecule has 0 saturated heterocycles. The lowest BCUT2D eigenvalue weighted by Crippen LogP contribution is -2.33. The van der Waals surface area contributed by atoms with E-state index in [0.29, 0.717) is 19.6 Å². The van der Waals surface area contributed by atoms with E-state index >= 15 is 0 Å². The Bertz CT molecular complexity index is 395. The molecule has 1 rings (SSSR count). The SMILES string of the molecule is Cc1cc(Br)ccc1NC(=O)CN(C)CCN. The average Bonchev–Trinajstić information content (AvgIpc) is 2.22. The molecular formula is C12H18BrN3O. The molecular weight excluding hydrogens is 282 g/mol. The highest BCUT2D eigenvalue weighted by molar-refractivity contribution is 9.10. The molecule has 1 amide bonds. The first-order valence-electron chi connectivity index (χ1n) is 5.47. The smallest absolute Gasteiger partial charge is 0.238 e. The van der Waals surface area contributed by atoms with Gasteiger partial charge in [-0.3, -0.25) is 9.69 Å². The molecule has 5 heteroatoms. The molecule has 0 aliphatic rings. The summed E-state index contributed by atoms with van der Waals surface area (Å²) in [7, 11) is 1.88. The van der Waals surface area contributed by atoms with E-state index in [1.54, 1.807) is 0 Å². The monoisotopic (exact) mass is 299 g/mol. The van der Waals surface area contributed by atoms with Crippen molar-refractivity contribution in [3.8, 4) is 0 Å². The number of carbonyl (C=O) groups is 1. The number of amides is 1. The van der Waals surface area contributed by atoms with Gasteiger partial charge < -0.3 is 11.1 Å². The minimum atomic E-state index is -0.0219. The Morgan fingerprint density at radius 1 is 1.53 bits per heavy atom. The normalized spacial score (nSPS) is 10.6. The van der Waals surface area contributed by atoms with E-state index in [2.05, 4.69) is 21.2 Å². The molecule has 0 atom stereocenters. The number of benzene rings is 1. The zero-order valence-corrected chi connectivity index (χ0v) is 11.8. The Balaban J connectivity index is 2.56. The van der Waals surface area contributed by atoms with Gasteiger partial charge in [-0.1, -0.05) is 15.9 Å². The molecule has 0 heterocycles. The van der Waals surface area contributed by atoms with E-state index in [1.807, 2.05) is 37.1 Å². The Morgan fingerprint density at radius 3 is 2.82 bits per heavy atom. The second-order valence-electron chi connectivity index (χ2n) is 4.03. The molecule has 4 nitrogen and oxygen atoms in total. The van der Waals surface area contributed by atoms with Gasteiger partial charge in [-0.2, -0.15) is 0 Å². The molecule has 1 aromatic rings. The lowest BCUT2D eigenvalue weighted by atomic mass is 10.2. The lowest BCUT2D eigenvalue weighted by Gasteiger charge is -2.15. The van der Waals surface area contributed by atoms with Crippen LogP contribution in [0.4, 0.5) is 5.69 Å². The van der Waals surface area contributed by atoms with E-state index in [0.717, 1.165) is 15.7 Å². The quantitative estimate of drug-likeness (QED) is 0.868. The van der Waals surface area contributed by atoms with Crippen molar-refractivity contribution in [2.45, 2.75) is 6.92 Å². The van der Waals surface area contributed by atoms with E-state index in [1.165, 1.54) is 0 Å². The largest absolute Gasteiger partial charge is 0.329 e. The third-order valence-corrected chi connectivity index (χ3v) is 2.88. The van der Waals surface area contributed by atoms with Crippen LogP contribution in [0.25, 0.3) is 0 Å². The van der Waals surface area contributed by atoms with Crippen LogP contribution in [0.5, 0.6) is 0 Å². The number of halogens is 1. The van der Waals surface area contributed by atoms with E-state index < -0.39 is 0 Å². The highest BCUT2D eigenvalue weighted by atomic mass is 79.9. The van der Waals surface area contributed by atoms with Crippen LogP contribution in [0, 0.1) is 6.92 Å². The van der Waals surface area contributed by atoms with Crippen LogP contribution in [-0.2, 0) is 4.79 Å². The predicted octanol–water partition coefficient (Wildman–Crippen LogP) is 1.59. The summed E-state index contributed by atoms with van der Waals surface area (Å²) in [5, 5.41) is 2.88. The number of likely N-dealkylation sites (N-methyl/N-ethyl adjacent to an activating group) is 1. The van der Waals surface area contributed by atoms with Crippen LogP contribution < -0.4 is 11.1 Å². The Kier molecular flexibility index (Phi) is 5.61. The molecule has 0 aromatic heterocycles. The van der Waals surface area contributed by atoms with Crippen molar-refractivity contribution in [1.82, 2.24) is 4.90 Å². The van der Waals surface area contributed by atoms with Crippen LogP contribution >= 0.6 is 15.9 Å². The third kappa shape index (κ3) is 4.85. The molecule has 94 valence electrons. The van der Waals surface area contributed by atoms with Crippen LogP contribution in [0.1, 0.15) is 5.56 Å². The zero-order valence-electron chi connectivity index (χ0n) is 10.2. The number of nitrogens with one attached hydrogen (secondary N) is 1. The van der Waals surface area contributed by atoms with E-state index in [-0.39, 0.29) is 5.91 Å². The Labute approximate surface area is 110 Å². The van der Waals surface area contributed by atoms with Crippen molar-refractivity contribution in [3.63, 3.8) is 0 Å². The molecule has 0 aliphatic carbocycles. The van der Waals surface area contributed by atoms with Crippen LogP contribution in [0.2, 0.25) is 0 Å². The highest BCUT2D eigenvalue weighted by Gasteiger charge is 2.07. The molecule has 0 aliphatic heterocycles. The summed E-state index contributed by atoms with van der Waals surface area (Å²) >= 11 is 3.39. The van der Waals surface area contributed by atoms with Crippen molar-refractivity contribution in [1.29, 1.82) is 0 Å². The van der Waals surface area contributed by atoms with Gasteiger partial charge in [0.2, 0.25) is 5.91 Å². The first-order valence-corrected chi connectivity index (χ1v) is 6.27. The maximum absolute atomic E-state index is 11.7. The van der Waals surface area contributed by atoms with Crippen molar-refractivity contribution in [3.05, 3.63) is 28.2 Å². The van der Waals surface area contributed by atoms with E-state index in [4.69, 9.17) is 5.73 Å². The lowest BCUT2D eigenvalue weighted by molar-refractivity contribution is -0.117. The highest BCUT2D eigenvalue weighted by Crippen LogP contribution is 2.19. The number of hydrogen-bond donors (Lipinski definition) is 2. The summed E-state index contributed by atoms with van der Waals surface area (Å²) in [5.41, 5.74) is 7.30. The molecule has 3 N–H and O–H groups in total. The van der Waals surface area contributed by atoms with Gasteiger partial charge in [-0.15, -0.1) is 0 Å². The van der Waals surface area contributed by atoms with Gasteiger partial charge >= 0.3 is 0 Å². The number of rotatable bonds is 5. The summed E-state index contributed by atoms with van der Waals surface area (Å²) in [6.07, 6.45) is 0. The predicted molar refractivity (Wildman–Crippen MR) is 74.1 cm³/mol. The molecule has 0 saturated carbocycles. The Hall–Kier alpha value is -0.910. The fraction of sp³-hybridized carbons (Fsp3) is 0.417. The first kappa shape index (κ1) is 14.2. The number of nitrogens with two attached hydrogens (primary N) is 1. The topological polar surface area (TPSA) is 58.4 Å². The second kappa shape index (κ2) is 6.74. The Morgan fingerprint density at radius 2 is 2.24 bits per heavy atom. The van der Waals surface area contributed by atoms with Crippen LogP contribution in [0.3, 0.4) is 0 Å². The zero-order chi connectivity index (χ0) is 12.8. The minimum Gasteiger partial charge on any atom is -0.329 e. The fourth-order valence-corrected chi connectivity index (χ4v) is 1.98. The maximum atomic E-state index is 11.7. The summed E-state index contributed by atoms with van der Waals surface area (Å²) in [6.45, 7) is 3.59. The van der Waals surface area contributed by atoms with E-state index in [9.17, 15) is 4.79 Å². The van der Waals surface area contributed by atoms with Gasteiger partial charge in [0.1, 0.15) is 0 Å². The number of aryl methyl sites for hydroxylation is 1. The maximum Gasteiger partial charge on any atom is 0.238 e. The van der Waals surface area contributed by atoms with Crippen molar-refractivity contribution < 1.29 is 4.79 Å². The molecule has 17 heavy (non-hydrogen) atoms. The van der Waals surface area contributed by atoms with Crippen LogP contribution in [-0.4, -0.2) is 37.5 Å². The summed E-state index contributed by atoms with van der Waals surface area (Å²) < 4.78 is 1.01. The van der Waals surface area contributed by atoms with Gasteiger partial charge in [-0.25, -0.2) is 0 Å². The van der Waals surface area contributed by atoms with Gasteiger partial charge in [-0.05, 0) is 37.7 Å². The van der Waals surface area contributed by atoms with Gasteiger partial charge in [0, 0.05) is 23.2 Å². The number of carbonyl (C=O) groups excluding carboxylic acids is 1. The van der Waals surface area contributed by atoms with Crippen molar-refractivity contribution in [2.75, 3.05) is 32.0 Å². The molecule has 0 bridgehead atoms. The third-order valence-electron chi connectivity index (χ3n) is 2.39. The van der Waals surface area contributed by atoms with Gasteiger partial charge in [0.25, 0.3) is 0 Å². The summed E-state index contributed by atoms with van der Waals surface area (Å²) in [6, 6.07) is 5.77. The standard InChI is InChI=1S/C12H18BrN3O/c1-9-7-10(13)3-4-11(9)15-12(17)8-16(2)6-5-14/h3-4,7H,5-6,8,14H2,1-2H3,(H,15,17). The fourth-order valence-electron chi connectivity index (χ4n) is 1.50. The van der Waals surface area contributed by atoms with Crippen LogP contribution in [0.15, 0.2) is 22.7 Å². The second-order valence-corrected chi connectivity index (χ2v) is 4.95. The molecule has 0 radical (unpaired) electrons. The minimum absolute atomic E-state index is 0.0219. The molecule has 0 unspecified atom stereocenters. The average molecular weight is 300 g/mol. The summed E-state index contributed by atoms with van der Waals surface area (Å²) in [5.74, 6) is -0.0219. The summed E-state index contributed by atoms with van der Waals surface area (Å²) in [4.78, 5) is 13.6. The number of nitrogens with zero attached hydrogens (tertiary/aromatic N) is 1. The number of anilines is 1. The van der Waals surface area contributed by atoms with Crippen molar-refractivity contribution >= 4 is 27.5 Å².